The van der Waals surface area contributed by atoms with Gasteiger partial charge in [0.25, 0.3) is 0 Å². The number of carbonyl (C=O) groups excluding carboxylic acids is 1. The lowest BCUT2D eigenvalue weighted by Crippen LogP contribution is -2.06. The number of pyridine rings is 1. The van der Waals surface area contributed by atoms with Crippen LogP contribution in [0.3, 0.4) is 0 Å². The standard InChI is InChI=1S/C20H15ClN2O2/c21-19-9-14(10-22)5-6-17(19)13-25-20(24)8-7-16-12-23-11-15-3-1-2-4-18(15)16/h1-6,9,11-12H,7-8,13H2. The molecule has 3 rings (SSSR count). The number of fused-ring (bicyclic) bond motifs is 1. The van der Waals surface area contributed by atoms with Gasteiger partial charge in [0, 0.05) is 34.8 Å². The molecular weight excluding hydrogens is 336 g/mol. The first-order chi connectivity index (χ1) is 12.2. The molecule has 0 N–H and O–H groups in total. The molecule has 0 amide bonds. The third-order valence-corrected chi connectivity index (χ3v) is 4.27. The highest BCUT2D eigenvalue weighted by atomic mass is 35.5. The van der Waals surface area contributed by atoms with E-state index in [1.165, 1.54) is 0 Å². The largest absolute Gasteiger partial charge is 0.461 e. The van der Waals surface area contributed by atoms with Crippen LogP contribution >= 0.6 is 11.6 Å². The number of benzene rings is 2. The molecule has 1 heterocycles. The molecule has 0 spiro atoms. The van der Waals surface area contributed by atoms with E-state index >= 15 is 0 Å². The first-order valence-electron chi connectivity index (χ1n) is 7.83. The second-order valence-corrected chi connectivity index (χ2v) is 6.01. The first-order valence-corrected chi connectivity index (χ1v) is 8.21. The lowest BCUT2D eigenvalue weighted by molar-refractivity contribution is -0.144. The van der Waals surface area contributed by atoms with Gasteiger partial charge < -0.3 is 4.74 Å². The molecule has 0 bridgehead atoms. The van der Waals surface area contributed by atoms with Crippen molar-refractivity contribution in [2.75, 3.05) is 0 Å². The summed E-state index contributed by atoms with van der Waals surface area (Å²) in [5, 5.41) is 11.4. The fraction of sp³-hybridized carbons (Fsp3) is 0.150. The van der Waals surface area contributed by atoms with E-state index in [2.05, 4.69) is 4.98 Å². The number of hydrogen-bond acceptors (Lipinski definition) is 4. The van der Waals surface area contributed by atoms with Crippen LogP contribution in [0, 0.1) is 11.3 Å². The Balaban J connectivity index is 1.59. The molecule has 4 nitrogen and oxygen atoms in total. The van der Waals surface area contributed by atoms with Crippen molar-refractivity contribution < 1.29 is 9.53 Å². The minimum absolute atomic E-state index is 0.0944. The lowest BCUT2D eigenvalue weighted by atomic mass is 10.0. The molecule has 2 aromatic carbocycles. The molecule has 5 heteroatoms. The van der Waals surface area contributed by atoms with Gasteiger partial charge in [-0.2, -0.15) is 5.26 Å². The molecule has 0 saturated carbocycles. The number of hydrogen-bond donors (Lipinski definition) is 0. The van der Waals surface area contributed by atoms with Crippen LogP contribution in [0.2, 0.25) is 5.02 Å². The summed E-state index contributed by atoms with van der Waals surface area (Å²) in [6.07, 6.45) is 4.43. The number of ether oxygens (including phenoxy) is 1. The zero-order valence-corrected chi connectivity index (χ0v) is 14.2. The topological polar surface area (TPSA) is 63.0 Å². The SMILES string of the molecule is N#Cc1ccc(COC(=O)CCc2cncc3ccccc23)c(Cl)c1. The van der Waals surface area contributed by atoms with E-state index in [0.717, 1.165) is 16.3 Å². The summed E-state index contributed by atoms with van der Waals surface area (Å²) in [7, 11) is 0. The predicted octanol–water partition coefficient (Wildman–Crippen LogP) is 4.44. The molecule has 25 heavy (non-hydrogen) atoms. The monoisotopic (exact) mass is 350 g/mol. The molecule has 124 valence electrons. The van der Waals surface area contributed by atoms with Gasteiger partial charge in [-0.3, -0.25) is 9.78 Å². The molecule has 3 aromatic rings. The van der Waals surface area contributed by atoms with Crippen molar-refractivity contribution in [1.29, 1.82) is 5.26 Å². The lowest BCUT2D eigenvalue weighted by Gasteiger charge is -2.08. The zero-order valence-electron chi connectivity index (χ0n) is 13.4. The van der Waals surface area contributed by atoms with Crippen LogP contribution in [0.1, 0.15) is 23.1 Å². The highest BCUT2D eigenvalue weighted by Crippen LogP contribution is 2.20. The van der Waals surface area contributed by atoms with E-state index in [4.69, 9.17) is 21.6 Å². The number of nitriles is 1. The smallest absolute Gasteiger partial charge is 0.306 e. The quantitative estimate of drug-likeness (QED) is 0.638. The third kappa shape index (κ3) is 4.14. The maximum Gasteiger partial charge on any atom is 0.306 e. The van der Waals surface area contributed by atoms with Gasteiger partial charge in [-0.1, -0.05) is 41.9 Å². The number of nitrogens with zero attached hydrogens (tertiary/aromatic N) is 2. The average molecular weight is 351 g/mol. The normalized spacial score (nSPS) is 10.4. The molecule has 0 atom stereocenters. The first kappa shape index (κ1) is 16.9. The summed E-state index contributed by atoms with van der Waals surface area (Å²) in [4.78, 5) is 16.2. The number of esters is 1. The minimum atomic E-state index is -0.298. The Kier molecular flexibility index (Phi) is 5.27. The highest BCUT2D eigenvalue weighted by Gasteiger charge is 2.09. The molecule has 0 aliphatic heterocycles. The van der Waals surface area contributed by atoms with Crippen molar-refractivity contribution in [3.05, 3.63) is 76.6 Å². The maximum atomic E-state index is 12.0. The Bertz CT molecular complexity index is 958. The van der Waals surface area contributed by atoms with E-state index in [1.54, 1.807) is 24.4 Å². The number of aromatic nitrogens is 1. The molecular formula is C20H15ClN2O2. The minimum Gasteiger partial charge on any atom is -0.461 e. The molecule has 0 aliphatic rings. The van der Waals surface area contributed by atoms with Crippen molar-refractivity contribution in [2.45, 2.75) is 19.4 Å². The predicted molar refractivity (Wildman–Crippen MR) is 96.0 cm³/mol. The zero-order chi connectivity index (χ0) is 17.6. The van der Waals surface area contributed by atoms with Crippen LogP contribution in [0.25, 0.3) is 10.8 Å². The second-order valence-electron chi connectivity index (χ2n) is 5.60. The van der Waals surface area contributed by atoms with E-state index in [-0.39, 0.29) is 19.0 Å². The van der Waals surface area contributed by atoms with Crippen LogP contribution < -0.4 is 0 Å². The molecule has 0 fully saturated rings. The summed E-state index contributed by atoms with van der Waals surface area (Å²) in [6.45, 7) is 0.0944. The van der Waals surface area contributed by atoms with Crippen LogP contribution in [0.5, 0.6) is 0 Å². The summed E-state index contributed by atoms with van der Waals surface area (Å²) < 4.78 is 5.29. The van der Waals surface area contributed by atoms with Gasteiger partial charge in [-0.15, -0.1) is 0 Å². The second kappa shape index (κ2) is 7.78. The fourth-order valence-electron chi connectivity index (χ4n) is 2.58. The van der Waals surface area contributed by atoms with Crippen LogP contribution in [-0.2, 0) is 22.6 Å². The van der Waals surface area contributed by atoms with Gasteiger partial charge in [0.1, 0.15) is 6.61 Å². The number of halogens is 1. The highest BCUT2D eigenvalue weighted by molar-refractivity contribution is 6.31. The molecule has 0 aliphatic carbocycles. The Morgan fingerprint density at radius 3 is 2.80 bits per heavy atom. The number of rotatable bonds is 5. The maximum absolute atomic E-state index is 12.0. The molecule has 0 radical (unpaired) electrons. The van der Waals surface area contributed by atoms with Crippen molar-refractivity contribution >= 4 is 28.3 Å². The van der Waals surface area contributed by atoms with Gasteiger partial charge in [0.05, 0.1) is 11.6 Å². The van der Waals surface area contributed by atoms with Gasteiger partial charge in [-0.25, -0.2) is 0 Å². The average Bonchev–Trinajstić information content (AvgIpc) is 2.65. The number of aryl methyl sites for hydroxylation is 1. The summed E-state index contributed by atoms with van der Waals surface area (Å²) in [5.41, 5.74) is 2.18. The Hall–Kier alpha value is -2.90. The summed E-state index contributed by atoms with van der Waals surface area (Å²) >= 11 is 6.08. The van der Waals surface area contributed by atoms with Gasteiger partial charge in [0.15, 0.2) is 0 Å². The third-order valence-electron chi connectivity index (χ3n) is 3.92. The summed E-state index contributed by atoms with van der Waals surface area (Å²) in [5.74, 6) is -0.298. The van der Waals surface area contributed by atoms with E-state index in [9.17, 15) is 4.79 Å². The molecule has 0 unspecified atom stereocenters. The van der Waals surface area contributed by atoms with Crippen LogP contribution in [-0.4, -0.2) is 11.0 Å². The van der Waals surface area contributed by atoms with E-state index < -0.39 is 0 Å². The molecule has 1 aromatic heterocycles. The van der Waals surface area contributed by atoms with Crippen LogP contribution in [0.4, 0.5) is 0 Å². The van der Waals surface area contributed by atoms with Gasteiger partial charge in [0.2, 0.25) is 0 Å². The molecule has 0 saturated heterocycles. The van der Waals surface area contributed by atoms with Crippen molar-refractivity contribution in [2.24, 2.45) is 0 Å². The Morgan fingerprint density at radius 1 is 1.16 bits per heavy atom. The van der Waals surface area contributed by atoms with Gasteiger partial charge >= 0.3 is 5.97 Å². The number of carbonyl (C=O) groups is 1. The van der Waals surface area contributed by atoms with Crippen molar-refractivity contribution in [3.8, 4) is 6.07 Å². The van der Waals surface area contributed by atoms with Crippen molar-refractivity contribution in [1.82, 2.24) is 4.98 Å². The van der Waals surface area contributed by atoms with Crippen LogP contribution in [0.15, 0.2) is 54.9 Å². The Morgan fingerprint density at radius 2 is 2.00 bits per heavy atom. The van der Waals surface area contributed by atoms with Crippen molar-refractivity contribution in [3.63, 3.8) is 0 Å². The fourth-order valence-corrected chi connectivity index (χ4v) is 2.81. The van der Waals surface area contributed by atoms with E-state index in [0.29, 0.717) is 22.6 Å². The van der Waals surface area contributed by atoms with Gasteiger partial charge in [-0.05, 0) is 29.5 Å². The Labute approximate surface area is 150 Å². The van der Waals surface area contributed by atoms with E-state index in [1.807, 2.05) is 36.5 Å². The summed E-state index contributed by atoms with van der Waals surface area (Å²) in [6, 6.07) is 14.9.